The SMILES string of the molecule is CC(C)CCNC(=O)Cn1cccc(NC(=O)[C@H](CCC(=O)C(N)=O)NC(=O)OC(C)(C)C)c1=O. The fraction of sp³-hybridized carbons (Fsp3) is 0.565. The van der Waals surface area contributed by atoms with E-state index in [1.165, 1.54) is 18.3 Å². The van der Waals surface area contributed by atoms with Gasteiger partial charge >= 0.3 is 6.09 Å². The van der Waals surface area contributed by atoms with Crippen LogP contribution in [0.3, 0.4) is 0 Å². The molecule has 1 atom stereocenters. The lowest BCUT2D eigenvalue weighted by atomic mass is 10.1. The Labute approximate surface area is 204 Å². The number of aromatic nitrogens is 1. The van der Waals surface area contributed by atoms with Crippen molar-refractivity contribution in [3.05, 3.63) is 28.7 Å². The van der Waals surface area contributed by atoms with Crippen LogP contribution < -0.4 is 27.2 Å². The Hall–Kier alpha value is -3.70. The van der Waals surface area contributed by atoms with Crippen LogP contribution in [0.25, 0.3) is 0 Å². The number of nitrogens with zero attached hydrogens (tertiary/aromatic N) is 1. The van der Waals surface area contributed by atoms with E-state index in [4.69, 9.17) is 10.5 Å². The maximum atomic E-state index is 12.9. The number of Topliss-reactive ketones (excluding diaryl/α,β-unsaturated/α-hetero) is 1. The van der Waals surface area contributed by atoms with E-state index in [-0.39, 0.29) is 24.6 Å². The molecule has 1 rings (SSSR count). The summed E-state index contributed by atoms with van der Waals surface area (Å²) in [6, 6.07) is 1.51. The normalized spacial score (nSPS) is 11.9. The predicted octanol–water partition coefficient (Wildman–Crippen LogP) is 0.677. The third-order valence-electron chi connectivity index (χ3n) is 4.58. The largest absolute Gasteiger partial charge is 0.444 e. The molecule has 1 aromatic rings. The first-order valence-electron chi connectivity index (χ1n) is 11.3. The van der Waals surface area contributed by atoms with Gasteiger partial charge in [0.1, 0.15) is 23.9 Å². The highest BCUT2D eigenvalue weighted by molar-refractivity contribution is 6.35. The predicted molar refractivity (Wildman–Crippen MR) is 128 cm³/mol. The molecule has 5 N–H and O–H groups in total. The number of pyridine rings is 1. The van der Waals surface area contributed by atoms with Crippen molar-refractivity contribution < 1.29 is 28.7 Å². The number of hydrogen-bond donors (Lipinski definition) is 4. The van der Waals surface area contributed by atoms with Gasteiger partial charge < -0.3 is 31.0 Å². The van der Waals surface area contributed by atoms with Crippen molar-refractivity contribution in [2.45, 2.75) is 72.1 Å². The second kappa shape index (κ2) is 13.3. The molecule has 0 spiro atoms. The summed E-state index contributed by atoms with van der Waals surface area (Å²) >= 11 is 0. The summed E-state index contributed by atoms with van der Waals surface area (Å²) in [5.41, 5.74) is 3.33. The van der Waals surface area contributed by atoms with Gasteiger partial charge in [0.25, 0.3) is 11.5 Å². The summed E-state index contributed by atoms with van der Waals surface area (Å²) in [4.78, 5) is 72.6. The van der Waals surface area contributed by atoms with E-state index in [0.717, 1.165) is 11.0 Å². The van der Waals surface area contributed by atoms with Crippen molar-refractivity contribution >= 4 is 35.3 Å². The Balaban J connectivity index is 2.96. The zero-order valence-electron chi connectivity index (χ0n) is 20.8. The second-order valence-electron chi connectivity index (χ2n) is 9.40. The number of nitrogens with one attached hydrogen (secondary N) is 3. The minimum atomic E-state index is -1.31. The molecule has 1 heterocycles. The summed E-state index contributed by atoms with van der Waals surface area (Å²) < 4.78 is 6.27. The van der Waals surface area contributed by atoms with Crippen molar-refractivity contribution in [2.75, 3.05) is 11.9 Å². The summed E-state index contributed by atoms with van der Waals surface area (Å²) in [6.07, 6.45) is 0.612. The number of ketones is 1. The van der Waals surface area contributed by atoms with Gasteiger partial charge in [-0.15, -0.1) is 0 Å². The standard InChI is InChI=1S/C23H35N5O7/c1-14(2)10-11-25-18(30)13-28-12-6-7-16(21(28)33)26-20(32)15(8-9-17(29)19(24)31)27-22(34)35-23(3,4)5/h6-7,12,14-15H,8-11,13H2,1-5H3,(H2,24,31)(H,25,30)(H,26,32)(H,27,34)/t15-/m0/s1. The highest BCUT2D eigenvalue weighted by atomic mass is 16.6. The monoisotopic (exact) mass is 493 g/mol. The molecule has 0 saturated carbocycles. The highest BCUT2D eigenvalue weighted by Crippen LogP contribution is 2.09. The van der Waals surface area contributed by atoms with E-state index in [1.807, 2.05) is 13.8 Å². The number of nitrogens with two attached hydrogens (primary N) is 1. The number of rotatable bonds is 12. The molecule has 12 nitrogen and oxygen atoms in total. The van der Waals surface area contributed by atoms with Crippen LogP contribution in [-0.2, 0) is 30.5 Å². The Morgan fingerprint density at radius 2 is 1.77 bits per heavy atom. The van der Waals surface area contributed by atoms with Gasteiger partial charge in [0, 0.05) is 19.2 Å². The Morgan fingerprint density at radius 3 is 2.34 bits per heavy atom. The number of amides is 4. The van der Waals surface area contributed by atoms with E-state index in [1.54, 1.807) is 20.8 Å². The van der Waals surface area contributed by atoms with Gasteiger partial charge in [0.2, 0.25) is 17.6 Å². The van der Waals surface area contributed by atoms with Crippen molar-refractivity contribution in [2.24, 2.45) is 11.7 Å². The fourth-order valence-corrected chi connectivity index (χ4v) is 2.80. The van der Waals surface area contributed by atoms with Crippen LogP contribution in [-0.4, -0.2) is 52.4 Å². The maximum absolute atomic E-state index is 12.9. The van der Waals surface area contributed by atoms with Gasteiger partial charge in [-0.2, -0.15) is 0 Å². The first kappa shape index (κ1) is 29.3. The van der Waals surface area contributed by atoms with Gasteiger partial charge in [-0.25, -0.2) is 4.79 Å². The fourth-order valence-electron chi connectivity index (χ4n) is 2.80. The number of anilines is 1. The van der Waals surface area contributed by atoms with Gasteiger partial charge in [0.15, 0.2) is 0 Å². The molecule has 0 saturated heterocycles. The molecular weight excluding hydrogens is 458 g/mol. The molecule has 35 heavy (non-hydrogen) atoms. The average molecular weight is 494 g/mol. The number of hydrogen-bond acceptors (Lipinski definition) is 7. The lowest BCUT2D eigenvalue weighted by Crippen LogP contribution is -2.47. The zero-order valence-corrected chi connectivity index (χ0v) is 20.8. The number of carbonyl (C=O) groups excluding carboxylic acids is 5. The molecule has 0 unspecified atom stereocenters. The second-order valence-corrected chi connectivity index (χ2v) is 9.40. The minimum Gasteiger partial charge on any atom is -0.444 e. The number of primary amides is 1. The molecule has 0 aliphatic rings. The third-order valence-corrected chi connectivity index (χ3v) is 4.58. The maximum Gasteiger partial charge on any atom is 0.408 e. The van der Waals surface area contributed by atoms with Crippen LogP contribution in [0.1, 0.15) is 53.9 Å². The quantitative estimate of drug-likeness (QED) is 0.309. The van der Waals surface area contributed by atoms with E-state index in [2.05, 4.69) is 16.0 Å². The van der Waals surface area contributed by atoms with Gasteiger partial charge in [-0.1, -0.05) is 13.8 Å². The molecule has 0 aliphatic carbocycles. The zero-order chi connectivity index (χ0) is 26.8. The Kier molecular flexibility index (Phi) is 11.1. The topological polar surface area (TPSA) is 179 Å². The summed E-state index contributed by atoms with van der Waals surface area (Å²) in [5.74, 6) is -2.84. The molecule has 0 aliphatic heterocycles. The van der Waals surface area contributed by atoms with Gasteiger partial charge in [-0.3, -0.25) is 24.0 Å². The molecule has 0 radical (unpaired) electrons. The molecular formula is C23H35N5O7. The van der Waals surface area contributed by atoms with Crippen LogP contribution >= 0.6 is 0 Å². The molecule has 0 bridgehead atoms. The summed E-state index contributed by atoms with van der Waals surface area (Å²) in [7, 11) is 0. The first-order valence-corrected chi connectivity index (χ1v) is 11.3. The smallest absolute Gasteiger partial charge is 0.408 e. The van der Waals surface area contributed by atoms with Gasteiger partial charge in [0.05, 0.1) is 0 Å². The molecule has 194 valence electrons. The molecule has 4 amide bonds. The number of ether oxygens (including phenoxy) is 1. The Bertz CT molecular complexity index is 995. The van der Waals surface area contributed by atoms with E-state index < -0.39 is 47.3 Å². The molecule has 1 aromatic heterocycles. The van der Waals surface area contributed by atoms with Crippen molar-refractivity contribution in [1.82, 2.24) is 15.2 Å². The average Bonchev–Trinajstić information content (AvgIpc) is 2.71. The van der Waals surface area contributed by atoms with Crippen LogP contribution in [0, 0.1) is 5.92 Å². The molecule has 0 fully saturated rings. The first-order chi connectivity index (χ1) is 16.2. The highest BCUT2D eigenvalue weighted by Gasteiger charge is 2.26. The minimum absolute atomic E-state index is 0.135. The lowest BCUT2D eigenvalue weighted by molar-refractivity contribution is -0.136. The third kappa shape index (κ3) is 11.3. The van der Waals surface area contributed by atoms with Crippen LogP contribution in [0.2, 0.25) is 0 Å². The number of alkyl carbamates (subject to hydrolysis) is 1. The summed E-state index contributed by atoms with van der Waals surface area (Å²) in [5, 5.41) is 7.47. The van der Waals surface area contributed by atoms with E-state index in [0.29, 0.717) is 12.5 Å². The van der Waals surface area contributed by atoms with Gasteiger partial charge in [-0.05, 0) is 51.7 Å². The van der Waals surface area contributed by atoms with Crippen LogP contribution in [0.5, 0.6) is 0 Å². The van der Waals surface area contributed by atoms with Crippen LogP contribution in [0.15, 0.2) is 23.1 Å². The lowest BCUT2D eigenvalue weighted by Gasteiger charge is -2.23. The molecule has 12 heteroatoms. The van der Waals surface area contributed by atoms with E-state index >= 15 is 0 Å². The van der Waals surface area contributed by atoms with Crippen molar-refractivity contribution in [3.8, 4) is 0 Å². The van der Waals surface area contributed by atoms with E-state index in [9.17, 15) is 28.8 Å². The van der Waals surface area contributed by atoms with Crippen LogP contribution in [0.4, 0.5) is 10.5 Å². The van der Waals surface area contributed by atoms with Crippen molar-refractivity contribution in [3.63, 3.8) is 0 Å². The van der Waals surface area contributed by atoms with Crippen molar-refractivity contribution in [1.29, 1.82) is 0 Å². The summed E-state index contributed by atoms with van der Waals surface area (Å²) in [6.45, 7) is 9.17. The number of carbonyl (C=O) groups is 5. The Morgan fingerprint density at radius 1 is 1.11 bits per heavy atom. The molecule has 0 aromatic carbocycles.